The zero-order valence-corrected chi connectivity index (χ0v) is 27.6. The predicted molar refractivity (Wildman–Crippen MR) is 169 cm³/mol. The smallest absolute Gasteiger partial charge is 0.310 e. The van der Waals surface area contributed by atoms with Crippen molar-refractivity contribution in [3.63, 3.8) is 0 Å². The monoisotopic (exact) mass is 601 g/mol. The summed E-state index contributed by atoms with van der Waals surface area (Å²) in [5, 5.41) is 13.9. The third kappa shape index (κ3) is 10.9. The van der Waals surface area contributed by atoms with Crippen LogP contribution >= 0.6 is 11.3 Å². The van der Waals surface area contributed by atoms with Gasteiger partial charge in [-0.25, -0.2) is 4.98 Å². The lowest BCUT2D eigenvalue weighted by molar-refractivity contribution is -0.167. The van der Waals surface area contributed by atoms with Crippen LogP contribution in [0.2, 0.25) is 0 Å². The number of aliphatic hydroxyl groups is 1. The Morgan fingerprint density at radius 1 is 1.21 bits per heavy atom. The van der Waals surface area contributed by atoms with Crippen LogP contribution in [-0.2, 0) is 23.9 Å². The Bertz CT molecular complexity index is 1150. The van der Waals surface area contributed by atoms with Crippen LogP contribution in [0.15, 0.2) is 34.8 Å². The first-order chi connectivity index (χ1) is 19.8. The molecule has 0 aromatic carbocycles. The first-order valence-corrected chi connectivity index (χ1v) is 16.2. The highest BCUT2D eigenvalue weighted by molar-refractivity contribution is 7.09. The van der Waals surface area contributed by atoms with E-state index in [4.69, 9.17) is 9.47 Å². The standard InChI is InChI=1S/C34H51NO6S/c1-9-10-11-12-16-30(36)41-29-20-31(37)40-28(24(4)19-27-21-42-26(6)35-27)18-17-22(2)14-13-15-23(3)32(38)25(5)33(39)34(29,7)8/h13,15,17,19,21,23,25,28-29,32,38H,9-12,14,16,18,20H2,1-8H3/b15-13-,22-17-,24-19+/t23-,25+,28-,29-,32-/m0/s1. The number of allylic oxidation sites excluding steroid dienone is 2. The van der Waals surface area contributed by atoms with E-state index in [1.807, 2.05) is 51.3 Å². The summed E-state index contributed by atoms with van der Waals surface area (Å²) < 4.78 is 11.9. The van der Waals surface area contributed by atoms with Gasteiger partial charge in [-0.05, 0) is 59.1 Å². The Morgan fingerprint density at radius 2 is 1.93 bits per heavy atom. The van der Waals surface area contributed by atoms with Crippen molar-refractivity contribution in [2.75, 3.05) is 0 Å². The molecule has 1 N–H and O–H groups in total. The van der Waals surface area contributed by atoms with Crippen molar-refractivity contribution in [3.05, 3.63) is 45.5 Å². The highest BCUT2D eigenvalue weighted by atomic mass is 32.1. The second-order valence-electron chi connectivity index (χ2n) is 12.3. The molecule has 0 aliphatic carbocycles. The number of nitrogens with zero attached hydrogens (tertiary/aromatic N) is 1. The molecule has 0 saturated heterocycles. The van der Waals surface area contributed by atoms with Gasteiger partial charge in [0.25, 0.3) is 0 Å². The van der Waals surface area contributed by atoms with E-state index in [1.54, 1.807) is 32.1 Å². The van der Waals surface area contributed by atoms with E-state index < -0.39 is 41.6 Å². The number of hydrogen-bond acceptors (Lipinski definition) is 8. The number of cyclic esters (lactones) is 1. The number of hydrogen-bond donors (Lipinski definition) is 1. The highest BCUT2D eigenvalue weighted by Gasteiger charge is 2.45. The summed E-state index contributed by atoms with van der Waals surface area (Å²) in [4.78, 5) is 44.7. The molecule has 0 saturated carbocycles. The molecule has 234 valence electrons. The van der Waals surface area contributed by atoms with Crippen LogP contribution in [-0.4, -0.2) is 46.1 Å². The zero-order valence-electron chi connectivity index (χ0n) is 26.8. The maximum atomic E-state index is 13.8. The van der Waals surface area contributed by atoms with E-state index in [-0.39, 0.29) is 24.5 Å². The number of ketones is 1. The van der Waals surface area contributed by atoms with Gasteiger partial charge in [-0.3, -0.25) is 14.4 Å². The third-order valence-corrected chi connectivity index (χ3v) is 8.91. The number of rotatable bonds is 8. The molecule has 2 heterocycles. The van der Waals surface area contributed by atoms with E-state index in [1.165, 1.54) is 0 Å². The molecular weight excluding hydrogens is 550 g/mol. The lowest BCUT2D eigenvalue weighted by Crippen LogP contribution is -2.47. The largest absolute Gasteiger partial charge is 0.461 e. The minimum atomic E-state index is -1.23. The molecule has 0 bridgehead atoms. The van der Waals surface area contributed by atoms with Gasteiger partial charge in [-0.1, -0.05) is 63.8 Å². The van der Waals surface area contributed by atoms with Crippen molar-refractivity contribution in [3.8, 4) is 0 Å². The summed E-state index contributed by atoms with van der Waals surface area (Å²) in [6, 6.07) is 0. The summed E-state index contributed by atoms with van der Waals surface area (Å²) in [5.74, 6) is -2.24. The van der Waals surface area contributed by atoms with Crippen molar-refractivity contribution < 1.29 is 29.0 Å². The molecule has 0 amide bonds. The first kappa shape index (κ1) is 35.6. The van der Waals surface area contributed by atoms with E-state index in [9.17, 15) is 19.5 Å². The summed E-state index contributed by atoms with van der Waals surface area (Å²) in [6.07, 6.45) is 10.2. The quantitative estimate of drug-likeness (QED) is 0.186. The average molecular weight is 602 g/mol. The molecule has 0 unspecified atom stereocenters. The van der Waals surface area contributed by atoms with E-state index in [2.05, 4.69) is 18.0 Å². The SMILES string of the molecule is CCCCCCC(=O)O[C@H]1CC(=O)O[C@H](/C(C)=C/c2csc(C)n2)C/C=C(/C)C/C=C\[C@H](C)[C@H](O)[C@@H](C)C(=O)C1(C)C. The molecule has 42 heavy (non-hydrogen) atoms. The lowest BCUT2D eigenvalue weighted by Gasteiger charge is -2.36. The number of Topliss-reactive ketones (excluding diaryl/α,β-unsaturated/α-hetero) is 1. The number of aryl methyl sites for hydroxylation is 1. The minimum absolute atomic E-state index is 0.220. The molecule has 5 atom stereocenters. The molecule has 2 rings (SSSR count). The van der Waals surface area contributed by atoms with Crippen molar-refractivity contribution >= 4 is 35.1 Å². The summed E-state index contributed by atoms with van der Waals surface area (Å²) in [5.41, 5.74) is 1.52. The van der Waals surface area contributed by atoms with Crippen LogP contribution in [0.3, 0.4) is 0 Å². The number of aliphatic hydroxyl groups excluding tert-OH is 1. The number of thiazole rings is 1. The van der Waals surface area contributed by atoms with Crippen molar-refractivity contribution in [1.29, 1.82) is 0 Å². The molecule has 1 aliphatic rings. The Balaban J connectivity index is 2.44. The van der Waals surface area contributed by atoms with Crippen molar-refractivity contribution in [1.82, 2.24) is 4.98 Å². The minimum Gasteiger partial charge on any atom is -0.461 e. The van der Waals surface area contributed by atoms with Crippen LogP contribution in [0.4, 0.5) is 0 Å². The second-order valence-corrected chi connectivity index (χ2v) is 13.4. The van der Waals surface area contributed by atoms with Gasteiger partial charge in [0.2, 0.25) is 0 Å². The molecule has 7 nitrogen and oxygen atoms in total. The van der Waals surface area contributed by atoms with Crippen molar-refractivity contribution in [2.24, 2.45) is 17.3 Å². The Hall–Kier alpha value is -2.58. The summed E-state index contributed by atoms with van der Waals surface area (Å²) in [7, 11) is 0. The van der Waals surface area contributed by atoms with Gasteiger partial charge >= 0.3 is 11.9 Å². The maximum absolute atomic E-state index is 13.8. The van der Waals surface area contributed by atoms with Crippen LogP contribution in [0.25, 0.3) is 6.08 Å². The van der Waals surface area contributed by atoms with Gasteiger partial charge in [0.05, 0.1) is 28.6 Å². The number of esters is 2. The maximum Gasteiger partial charge on any atom is 0.310 e. The topological polar surface area (TPSA) is 103 Å². The molecule has 1 aromatic heterocycles. The second kappa shape index (κ2) is 16.9. The van der Waals surface area contributed by atoms with Gasteiger partial charge in [-0.2, -0.15) is 0 Å². The average Bonchev–Trinajstić information content (AvgIpc) is 3.35. The number of carbonyl (C=O) groups excluding carboxylic acids is 3. The van der Waals surface area contributed by atoms with E-state index >= 15 is 0 Å². The van der Waals surface area contributed by atoms with Crippen LogP contribution in [0.1, 0.15) is 111 Å². The fourth-order valence-corrected chi connectivity index (χ4v) is 5.72. The fraction of sp³-hybridized carbons (Fsp3) is 0.647. The van der Waals surface area contributed by atoms with Gasteiger partial charge in [0.1, 0.15) is 18.0 Å². The number of carbonyl (C=O) groups is 3. The van der Waals surface area contributed by atoms with Crippen molar-refractivity contribution in [2.45, 2.75) is 125 Å². The Labute approximate surface area is 256 Å². The van der Waals surface area contributed by atoms with Gasteiger partial charge in [0.15, 0.2) is 0 Å². The normalized spacial score (nSPS) is 28.5. The Kier molecular flexibility index (Phi) is 14.3. The van der Waals surface area contributed by atoms with E-state index in [0.717, 1.165) is 41.1 Å². The number of ether oxygens (including phenoxy) is 2. The van der Waals surface area contributed by atoms with Gasteiger partial charge in [-0.15, -0.1) is 11.3 Å². The molecular formula is C34H51NO6S. The molecule has 0 radical (unpaired) electrons. The van der Waals surface area contributed by atoms with Crippen LogP contribution in [0, 0.1) is 24.2 Å². The molecule has 1 aromatic rings. The summed E-state index contributed by atoms with van der Waals surface area (Å²) >= 11 is 1.55. The Morgan fingerprint density at radius 3 is 2.57 bits per heavy atom. The third-order valence-electron chi connectivity index (χ3n) is 8.12. The molecule has 0 spiro atoms. The molecule has 8 heteroatoms. The highest BCUT2D eigenvalue weighted by Crippen LogP contribution is 2.34. The number of aromatic nitrogens is 1. The molecule has 0 fully saturated rings. The zero-order chi connectivity index (χ0) is 31.4. The first-order valence-electron chi connectivity index (χ1n) is 15.3. The van der Waals surface area contributed by atoms with Crippen LogP contribution < -0.4 is 0 Å². The van der Waals surface area contributed by atoms with E-state index in [0.29, 0.717) is 19.3 Å². The lowest BCUT2D eigenvalue weighted by atomic mass is 9.73. The molecule has 1 aliphatic heterocycles. The van der Waals surface area contributed by atoms with Gasteiger partial charge in [0, 0.05) is 30.1 Å². The number of unbranched alkanes of at least 4 members (excludes halogenated alkanes) is 3. The summed E-state index contributed by atoms with van der Waals surface area (Å²) in [6.45, 7) is 14.9. The van der Waals surface area contributed by atoms with Gasteiger partial charge < -0.3 is 14.6 Å². The van der Waals surface area contributed by atoms with Crippen LogP contribution in [0.5, 0.6) is 0 Å². The predicted octanol–water partition coefficient (Wildman–Crippen LogP) is 7.56. The fourth-order valence-electron chi connectivity index (χ4n) is 5.15.